The summed E-state index contributed by atoms with van der Waals surface area (Å²) in [5.41, 5.74) is 3.15. The molecule has 3 amide bonds. The molecule has 0 spiro atoms. The maximum absolute atomic E-state index is 13.4. The summed E-state index contributed by atoms with van der Waals surface area (Å²) in [5, 5.41) is 0. The monoisotopic (exact) mass is 513 g/mol. The van der Waals surface area contributed by atoms with Gasteiger partial charge in [0.05, 0.1) is 23.9 Å². The van der Waals surface area contributed by atoms with Crippen LogP contribution in [-0.2, 0) is 11.2 Å². The number of piperazine rings is 1. The van der Waals surface area contributed by atoms with Gasteiger partial charge in [-0.1, -0.05) is 30.3 Å². The lowest BCUT2D eigenvalue weighted by Gasteiger charge is -2.36. The second kappa shape index (κ2) is 10.9. The van der Waals surface area contributed by atoms with Crippen LogP contribution in [0.4, 0.5) is 10.1 Å². The molecule has 3 aromatic carbocycles. The van der Waals surface area contributed by atoms with Crippen LogP contribution in [0.1, 0.15) is 31.8 Å². The van der Waals surface area contributed by atoms with Crippen molar-refractivity contribution in [3.63, 3.8) is 0 Å². The second-order valence-corrected chi connectivity index (χ2v) is 9.26. The highest BCUT2D eigenvalue weighted by atomic mass is 19.1. The van der Waals surface area contributed by atoms with E-state index in [0.717, 1.165) is 11.3 Å². The van der Waals surface area contributed by atoms with Crippen LogP contribution in [0.5, 0.6) is 5.75 Å². The molecule has 3 aromatic rings. The van der Waals surface area contributed by atoms with Crippen molar-refractivity contribution in [1.29, 1.82) is 0 Å². The molecule has 0 unspecified atom stereocenters. The van der Waals surface area contributed by atoms with Crippen LogP contribution < -0.4 is 9.64 Å². The number of fused-ring (bicyclic) bond motifs is 1. The van der Waals surface area contributed by atoms with Crippen molar-refractivity contribution in [3.8, 4) is 5.75 Å². The van der Waals surface area contributed by atoms with Crippen LogP contribution in [-0.4, -0.2) is 67.4 Å². The molecule has 2 aliphatic rings. The number of ether oxygens (including phenoxy) is 1. The summed E-state index contributed by atoms with van der Waals surface area (Å²) in [6.45, 7) is 2.27. The van der Waals surface area contributed by atoms with Gasteiger partial charge in [0.1, 0.15) is 11.6 Å². The highest BCUT2D eigenvalue weighted by molar-refractivity contribution is 6.23. The summed E-state index contributed by atoms with van der Waals surface area (Å²) in [6, 6.07) is 19.0. The number of rotatable bonds is 7. The Bertz CT molecular complexity index is 1410. The van der Waals surface area contributed by atoms with Gasteiger partial charge in [0.15, 0.2) is 0 Å². The Labute approximate surface area is 220 Å². The van der Waals surface area contributed by atoms with Crippen molar-refractivity contribution in [2.24, 2.45) is 0 Å². The number of imide groups is 1. The fraction of sp³-hybridized carbons (Fsp3) is 0.233. The molecule has 1 saturated heterocycles. The Morgan fingerprint density at radius 1 is 0.947 bits per heavy atom. The van der Waals surface area contributed by atoms with E-state index in [2.05, 4.69) is 4.90 Å². The van der Waals surface area contributed by atoms with E-state index in [9.17, 15) is 18.8 Å². The van der Waals surface area contributed by atoms with Gasteiger partial charge in [0.2, 0.25) is 5.91 Å². The highest BCUT2D eigenvalue weighted by Gasteiger charge is 2.38. The minimum Gasteiger partial charge on any atom is -0.497 e. The number of halogens is 1. The zero-order chi connectivity index (χ0) is 26.6. The number of carbonyl (C=O) groups is 3. The van der Waals surface area contributed by atoms with Crippen LogP contribution >= 0.6 is 0 Å². The normalized spacial score (nSPS) is 15.4. The predicted octanol–water partition coefficient (Wildman–Crippen LogP) is 4.04. The number of carbonyl (C=O) groups excluding carboxylic acids is 3. The number of amides is 3. The van der Waals surface area contributed by atoms with Crippen molar-refractivity contribution in [2.75, 3.05) is 44.7 Å². The van der Waals surface area contributed by atoms with Crippen molar-refractivity contribution in [3.05, 3.63) is 101 Å². The van der Waals surface area contributed by atoms with E-state index in [1.807, 2.05) is 30.3 Å². The second-order valence-electron chi connectivity index (χ2n) is 9.26. The SMILES string of the molecule is COc1cccc(CCN2C(=O)c3cccc(N4CCN(C(=O)C=Cc5cccc(F)c5)CC4)c3C2=O)c1. The zero-order valence-electron chi connectivity index (χ0n) is 21.1. The average Bonchev–Trinajstić information content (AvgIpc) is 3.19. The molecule has 194 valence electrons. The van der Waals surface area contributed by atoms with E-state index >= 15 is 0 Å². The molecule has 7 nitrogen and oxygen atoms in total. The molecule has 2 aliphatic heterocycles. The van der Waals surface area contributed by atoms with Gasteiger partial charge < -0.3 is 14.5 Å². The summed E-state index contributed by atoms with van der Waals surface area (Å²) < 4.78 is 18.7. The molecule has 8 heteroatoms. The molecular weight excluding hydrogens is 485 g/mol. The number of benzene rings is 3. The van der Waals surface area contributed by atoms with Crippen molar-refractivity contribution < 1.29 is 23.5 Å². The molecule has 38 heavy (non-hydrogen) atoms. The fourth-order valence-electron chi connectivity index (χ4n) is 4.90. The zero-order valence-corrected chi connectivity index (χ0v) is 21.1. The van der Waals surface area contributed by atoms with Crippen LogP contribution in [0.15, 0.2) is 72.8 Å². The Morgan fingerprint density at radius 2 is 1.71 bits per heavy atom. The quantitative estimate of drug-likeness (QED) is 0.352. The first kappa shape index (κ1) is 25.2. The first-order valence-electron chi connectivity index (χ1n) is 12.5. The third-order valence-corrected chi connectivity index (χ3v) is 6.93. The minimum absolute atomic E-state index is 0.151. The maximum Gasteiger partial charge on any atom is 0.263 e. The number of methoxy groups -OCH3 is 1. The Morgan fingerprint density at radius 3 is 2.47 bits per heavy atom. The summed E-state index contributed by atoms with van der Waals surface area (Å²) in [7, 11) is 1.60. The molecule has 0 aromatic heterocycles. The van der Waals surface area contributed by atoms with Gasteiger partial charge in [-0.15, -0.1) is 0 Å². The van der Waals surface area contributed by atoms with Crippen molar-refractivity contribution in [2.45, 2.75) is 6.42 Å². The molecule has 2 heterocycles. The van der Waals surface area contributed by atoms with Gasteiger partial charge in [-0.05, 0) is 60.0 Å². The highest BCUT2D eigenvalue weighted by Crippen LogP contribution is 2.32. The summed E-state index contributed by atoms with van der Waals surface area (Å²) in [4.78, 5) is 44.3. The number of nitrogens with zero attached hydrogens (tertiary/aromatic N) is 3. The van der Waals surface area contributed by atoms with Gasteiger partial charge in [-0.3, -0.25) is 19.3 Å². The van der Waals surface area contributed by atoms with Gasteiger partial charge in [0, 0.05) is 38.8 Å². The lowest BCUT2D eigenvalue weighted by atomic mass is 10.1. The molecule has 0 saturated carbocycles. The molecule has 1 fully saturated rings. The standard InChI is InChI=1S/C30H28FN3O4/c1-38-24-8-3-6-22(20-24)13-14-34-29(36)25-9-4-10-26(28(25)30(34)37)32-15-17-33(18-16-32)27(35)12-11-21-5-2-7-23(31)19-21/h2-12,19-20H,13-18H2,1H3. The van der Waals surface area contributed by atoms with Crippen LogP contribution in [0.2, 0.25) is 0 Å². The number of anilines is 1. The van der Waals surface area contributed by atoms with Gasteiger partial charge in [-0.25, -0.2) is 4.39 Å². The molecule has 0 atom stereocenters. The molecule has 0 aliphatic carbocycles. The number of hydrogen-bond donors (Lipinski definition) is 0. The van der Waals surface area contributed by atoms with Crippen molar-refractivity contribution >= 4 is 29.5 Å². The smallest absolute Gasteiger partial charge is 0.263 e. The predicted molar refractivity (Wildman–Crippen MR) is 143 cm³/mol. The fourth-order valence-corrected chi connectivity index (χ4v) is 4.90. The molecule has 0 bridgehead atoms. The van der Waals surface area contributed by atoms with Gasteiger partial charge in [0.25, 0.3) is 11.8 Å². The Balaban J connectivity index is 1.24. The van der Waals surface area contributed by atoms with Crippen LogP contribution in [0.3, 0.4) is 0 Å². The third-order valence-electron chi connectivity index (χ3n) is 6.93. The first-order chi connectivity index (χ1) is 18.4. The lowest BCUT2D eigenvalue weighted by molar-refractivity contribution is -0.126. The van der Waals surface area contributed by atoms with E-state index in [0.29, 0.717) is 55.0 Å². The van der Waals surface area contributed by atoms with Crippen molar-refractivity contribution in [1.82, 2.24) is 9.80 Å². The molecule has 0 radical (unpaired) electrons. The average molecular weight is 514 g/mol. The minimum atomic E-state index is -0.351. The summed E-state index contributed by atoms with van der Waals surface area (Å²) in [6.07, 6.45) is 3.58. The third kappa shape index (κ3) is 5.16. The van der Waals surface area contributed by atoms with E-state index in [-0.39, 0.29) is 30.1 Å². The van der Waals surface area contributed by atoms with Crippen LogP contribution in [0, 0.1) is 5.82 Å². The first-order valence-corrected chi connectivity index (χ1v) is 12.5. The van der Waals surface area contributed by atoms with E-state index in [1.54, 1.807) is 42.4 Å². The van der Waals surface area contributed by atoms with E-state index < -0.39 is 0 Å². The largest absolute Gasteiger partial charge is 0.497 e. The molecular formula is C30H28FN3O4. The van der Waals surface area contributed by atoms with Gasteiger partial charge >= 0.3 is 0 Å². The maximum atomic E-state index is 13.4. The van der Waals surface area contributed by atoms with Gasteiger partial charge in [-0.2, -0.15) is 0 Å². The molecule has 0 N–H and O–H groups in total. The molecule has 5 rings (SSSR count). The summed E-state index contributed by atoms with van der Waals surface area (Å²) >= 11 is 0. The Kier molecular flexibility index (Phi) is 7.22. The number of hydrogen-bond acceptors (Lipinski definition) is 5. The summed E-state index contributed by atoms with van der Waals surface area (Å²) in [5.74, 6) is -0.349. The topological polar surface area (TPSA) is 70.2 Å². The lowest BCUT2D eigenvalue weighted by Crippen LogP contribution is -2.48. The Hall–Kier alpha value is -4.46. The van der Waals surface area contributed by atoms with Crippen LogP contribution in [0.25, 0.3) is 6.08 Å². The van der Waals surface area contributed by atoms with E-state index in [4.69, 9.17) is 4.74 Å². The van der Waals surface area contributed by atoms with E-state index in [1.165, 1.54) is 23.1 Å².